The Labute approximate surface area is 125 Å². The first-order valence-corrected chi connectivity index (χ1v) is 7.15. The second-order valence-electron chi connectivity index (χ2n) is 4.31. The van der Waals surface area contributed by atoms with E-state index in [0.29, 0.717) is 6.54 Å². The maximum atomic E-state index is 12.8. The molecular weight excluding hydrogens is 299 g/mol. The van der Waals surface area contributed by atoms with Crippen molar-refractivity contribution in [3.63, 3.8) is 0 Å². The molecule has 0 aliphatic carbocycles. The van der Waals surface area contributed by atoms with Crippen LogP contribution in [0.3, 0.4) is 0 Å². The summed E-state index contributed by atoms with van der Waals surface area (Å²) in [7, 11) is 0. The Balaban J connectivity index is 2.38. The molecule has 1 heterocycles. The first-order chi connectivity index (χ1) is 9.90. The van der Waals surface area contributed by atoms with Gasteiger partial charge in [-0.05, 0) is 25.5 Å². The van der Waals surface area contributed by atoms with Gasteiger partial charge in [0.25, 0.3) is 0 Å². The predicted octanol–water partition coefficient (Wildman–Crippen LogP) is 4.39. The highest BCUT2D eigenvalue weighted by Gasteiger charge is 2.35. The molecule has 0 spiro atoms. The number of halogens is 3. The minimum atomic E-state index is -4.56. The summed E-state index contributed by atoms with van der Waals surface area (Å²) in [4.78, 5) is 7.98. The van der Waals surface area contributed by atoms with E-state index in [0.717, 1.165) is 10.5 Å². The number of hydrogen-bond acceptors (Lipinski definition) is 4. The van der Waals surface area contributed by atoms with Gasteiger partial charge in [-0.1, -0.05) is 30.0 Å². The predicted molar refractivity (Wildman–Crippen MR) is 76.5 cm³/mol. The highest BCUT2D eigenvalue weighted by atomic mass is 32.2. The lowest BCUT2D eigenvalue weighted by Crippen LogP contribution is -2.13. The zero-order valence-corrected chi connectivity index (χ0v) is 12.3. The van der Waals surface area contributed by atoms with Crippen LogP contribution in [-0.2, 0) is 6.18 Å². The van der Waals surface area contributed by atoms with Gasteiger partial charge < -0.3 is 5.32 Å². The summed E-state index contributed by atoms with van der Waals surface area (Å²) >= 11 is 1.19. The second kappa shape index (κ2) is 6.34. The van der Waals surface area contributed by atoms with E-state index < -0.39 is 12.0 Å². The number of hydrogen-bond donors (Lipinski definition) is 1. The Hall–Kier alpha value is -1.76. The number of nitrogens with one attached hydrogen (secondary N) is 1. The molecule has 0 radical (unpaired) electrons. The normalized spacial score (nSPS) is 11.5. The van der Waals surface area contributed by atoms with Gasteiger partial charge in [-0.15, -0.1) is 0 Å². The quantitative estimate of drug-likeness (QED) is 0.850. The van der Waals surface area contributed by atoms with Crippen LogP contribution in [0.25, 0.3) is 0 Å². The van der Waals surface area contributed by atoms with Crippen molar-refractivity contribution in [3.8, 4) is 0 Å². The van der Waals surface area contributed by atoms with Crippen LogP contribution in [0.15, 0.2) is 40.3 Å². The number of benzene rings is 1. The van der Waals surface area contributed by atoms with E-state index in [1.807, 2.05) is 31.2 Å². The smallest absolute Gasteiger partial charge is 0.370 e. The van der Waals surface area contributed by atoms with Crippen molar-refractivity contribution < 1.29 is 13.2 Å². The molecule has 0 bridgehead atoms. The maximum absolute atomic E-state index is 12.8. The summed E-state index contributed by atoms with van der Waals surface area (Å²) in [5.74, 6) is -0.951. The van der Waals surface area contributed by atoms with E-state index in [-0.39, 0.29) is 10.8 Å². The molecule has 0 amide bonds. The van der Waals surface area contributed by atoms with Crippen molar-refractivity contribution in [2.75, 3.05) is 11.9 Å². The molecule has 0 aliphatic rings. The molecule has 1 N–H and O–H groups in total. The molecule has 0 aliphatic heterocycles. The van der Waals surface area contributed by atoms with Gasteiger partial charge in [0.2, 0.25) is 5.82 Å². The van der Waals surface area contributed by atoms with E-state index in [2.05, 4.69) is 15.3 Å². The molecule has 2 rings (SSSR count). The van der Waals surface area contributed by atoms with Crippen molar-refractivity contribution in [2.45, 2.75) is 29.9 Å². The molecule has 112 valence electrons. The Morgan fingerprint density at radius 3 is 2.52 bits per heavy atom. The van der Waals surface area contributed by atoms with Gasteiger partial charge in [-0.2, -0.15) is 13.2 Å². The molecule has 1 aromatic carbocycles. The highest BCUT2D eigenvalue weighted by Crippen LogP contribution is 2.33. The lowest BCUT2D eigenvalue weighted by atomic mass is 10.2. The third kappa shape index (κ3) is 4.10. The number of anilines is 1. The molecule has 7 heteroatoms. The Morgan fingerprint density at radius 2 is 1.90 bits per heavy atom. The molecule has 0 saturated carbocycles. The van der Waals surface area contributed by atoms with Crippen LogP contribution < -0.4 is 5.32 Å². The number of aromatic nitrogens is 2. The Morgan fingerprint density at radius 1 is 1.19 bits per heavy atom. The van der Waals surface area contributed by atoms with Crippen LogP contribution in [0.1, 0.15) is 18.3 Å². The second-order valence-corrected chi connectivity index (χ2v) is 5.37. The number of nitrogens with zero attached hydrogens (tertiary/aromatic N) is 2. The van der Waals surface area contributed by atoms with E-state index >= 15 is 0 Å². The fraction of sp³-hybridized carbons (Fsp3) is 0.286. The SMILES string of the molecule is CCNc1cc(Sc2ccccc2C)nc(C(F)(F)F)n1. The van der Waals surface area contributed by atoms with Crippen LogP contribution in [0, 0.1) is 6.92 Å². The lowest BCUT2D eigenvalue weighted by Gasteiger charge is -2.11. The van der Waals surface area contributed by atoms with E-state index in [9.17, 15) is 13.2 Å². The Bertz CT molecular complexity index is 629. The fourth-order valence-electron chi connectivity index (χ4n) is 1.66. The number of aryl methyl sites for hydroxylation is 1. The van der Waals surface area contributed by atoms with Crippen molar-refractivity contribution in [3.05, 3.63) is 41.7 Å². The molecule has 2 aromatic rings. The van der Waals surface area contributed by atoms with Crippen LogP contribution >= 0.6 is 11.8 Å². The standard InChI is InChI=1S/C14H14F3N3S/c1-3-18-11-8-12(20-13(19-11)14(15,16)17)21-10-7-5-4-6-9(10)2/h4-8H,3H2,1-2H3,(H,18,19,20). The third-order valence-corrected chi connectivity index (χ3v) is 3.72. The molecule has 0 saturated heterocycles. The van der Waals surface area contributed by atoms with E-state index in [1.54, 1.807) is 6.92 Å². The van der Waals surface area contributed by atoms with Gasteiger partial charge in [0.15, 0.2) is 0 Å². The first kappa shape index (κ1) is 15.6. The molecule has 1 aromatic heterocycles. The summed E-state index contributed by atoms with van der Waals surface area (Å²) in [5, 5.41) is 3.06. The van der Waals surface area contributed by atoms with Crippen molar-refractivity contribution in [1.82, 2.24) is 9.97 Å². The summed E-state index contributed by atoms with van der Waals surface area (Å²) in [6.07, 6.45) is -4.56. The molecule has 0 atom stereocenters. The third-order valence-electron chi connectivity index (χ3n) is 2.62. The van der Waals surface area contributed by atoms with Crippen molar-refractivity contribution >= 4 is 17.6 Å². The van der Waals surface area contributed by atoms with Crippen LogP contribution in [0.4, 0.5) is 19.0 Å². The lowest BCUT2D eigenvalue weighted by molar-refractivity contribution is -0.145. The van der Waals surface area contributed by atoms with Gasteiger partial charge >= 0.3 is 6.18 Å². The largest absolute Gasteiger partial charge is 0.451 e. The monoisotopic (exact) mass is 313 g/mol. The van der Waals surface area contributed by atoms with Gasteiger partial charge in [0, 0.05) is 17.5 Å². The van der Waals surface area contributed by atoms with E-state index in [4.69, 9.17) is 0 Å². The van der Waals surface area contributed by atoms with Crippen LogP contribution in [0.2, 0.25) is 0 Å². The maximum Gasteiger partial charge on any atom is 0.451 e. The average molecular weight is 313 g/mol. The zero-order chi connectivity index (χ0) is 15.5. The molecular formula is C14H14F3N3S. The summed E-state index contributed by atoms with van der Waals surface area (Å²) in [6, 6.07) is 8.99. The summed E-state index contributed by atoms with van der Waals surface area (Å²) in [5.41, 5.74) is 0.986. The summed E-state index contributed by atoms with van der Waals surface area (Å²) < 4.78 is 38.5. The molecule has 0 unspecified atom stereocenters. The topological polar surface area (TPSA) is 37.8 Å². The van der Waals surface area contributed by atoms with Crippen molar-refractivity contribution in [1.29, 1.82) is 0 Å². The minimum Gasteiger partial charge on any atom is -0.370 e. The Kier molecular flexibility index (Phi) is 4.72. The first-order valence-electron chi connectivity index (χ1n) is 6.33. The fourth-order valence-corrected chi connectivity index (χ4v) is 2.56. The minimum absolute atomic E-state index is 0.177. The zero-order valence-electron chi connectivity index (χ0n) is 11.5. The van der Waals surface area contributed by atoms with E-state index in [1.165, 1.54) is 17.8 Å². The van der Waals surface area contributed by atoms with Gasteiger partial charge in [0.05, 0.1) is 0 Å². The number of alkyl halides is 3. The molecule has 3 nitrogen and oxygen atoms in total. The average Bonchev–Trinajstić information content (AvgIpc) is 2.41. The van der Waals surface area contributed by atoms with Crippen LogP contribution in [-0.4, -0.2) is 16.5 Å². The molecule has 21 heavy (non-hydrogen) atoms. The highest BCUT2D eigenvalue weighted by molar-refractivity contribution is 7.99. The number of rotatable bonds is 4. The van der Waals surface area contributed by atoms with Gasteiger partial charge in [0.1, 0.15) is 10.8 Å². The van der Waals surface area contributed by atoms with Crippen LogP contribution in [0.5, 0.6) is 0 Å². The van der Waals surface area contributed by atoms with Crippen molar-refractivity contribution in [2.24, 2.45) is 0 Å². The van der Waals surface area contributed by atoms with Gasteiger partial charge in [-0.25, -0.2) is 9.97 Å². The summed E-state index contributed by atoms with van der Waals surface area (Å²) in [6.45, 7) is 4.19. The van der Waals surface area contributed by atoms with Gasteiger partial charge in [-0.3, -0.25) is 0 Å². The molecule has 0 fully saturated rings.